The molecule has 0 saturated carbocycles. The van der Waals surface area contributed by atoms with Gasteiger partial charge in [0, 0.05) is 44.4 Å². The van der Waals surface area contributed by atoms with Crippen LogP contribution in [-0.2, 0) is 0 Å². The van der Waals surface area contributed by atoms with Gasteiger partial charge in [0.15, 0.2) is 0 Å². The normalized spacial score (nSPS) is 16.0. The Labute approximate surface area is 159 Å². The largest absolute Gasteiger partial charge is 0.377 e. The van der Waals surface area contributed by atoms with Crippen molar-refractivity contribution in [3.05, 3.63) is 48.3 Å². The zero-order valence-electron chi connectivity index (χ0n) is 15.5. The summed E-state index contributed by atoms with van der Waals surface area (Å²) in [6.45, 7) is 5.94. The van der Waals surface area contributed by atoms with Gasteiger partial charge >= 0.3 is 0 Å². The molecule has 0 spiro atoms. The van der Waals surface area contributed by atoms with Crippen molar-refractivity contribution in [1.29, 1.82) is 0 Å². The number of benzene rings is 1. The zero-order valence-corrected chi connectivity index (χ0v) is 15.5. The maximum absolute atomic E-state index is 12.1. The van der Waals surface area contributed by atoms with E-state index in [-0.39, 0.29) is 12.5 Å². The van der Waals surface area contributed by atoms with Crippen molar-refractivity contribution in [2.75, 3.05) is 49.5 Å². The quantitative estimate of drug-likeness (QED) is 0.663. The number of anilines is 2. The highest BCUT2D eigenvalue weighted by molar-refractivity contribution is 5.94. The lowest BCUT2D eigenvalue weighted by Crippen LogP contribution is -2.53. The molecule has 2 aromatic rings. The van der Waals surface area contributed by atoms with Crippen LogP contribution in [0.1, 0.15) is 17.3 Å². The van der Waals surface area contributed by atoms with Crippen LogP contribution in [0.15, 0.2) is 42.7 Å². The lowest BCUT2D eigenvalue weighted by atomic mass is 10.2. The van der Waals surface area contributed by atoms with Gasteiger partial charge in [0.05, 0.1) is 6.54 Å². The van der Waals surface area contributed by atoms with Crippen LogP contribution >= 0.6 is 0 Å². The number of aromatic nitrogens is 2. The van der Waals surface area contributed by atoms with E-state index in [0.717, 1.165) is 31.3 Å². The molecular formula is C19H26N6O2. The second-order valence-electron chi connectivity index (χ2n) is 6.37. The molecule has 1 aromatic heterocycles. The highest BCUT2D eigenvalue weighted by Crippen LogP contribution is 2.16. The van der Waals surface area contributed by atoms with Crippen LogP contribution in [0.3, 0.4) is 0 Å². The first-order chi connectivity index (χ1) is 13.2. The van der Waals surface area contributed by atoms with E-state index in [1.807, 2.05) is 36.1 Å². The Morgan fingerprint density at radius 1 is 1.19 bits per heavy atom. The molecule has 1 amide bonds. The van der Waals surface area contributed by atoms with E-state index in [1.165, 1.54) is 0 Å². The second kappa shape index (κ2) is 9.29. The van der Waals surface area contributed by atoms with Gasteiger partial charge in [0.25, 0.3) is 5.91 Å². The first-order valence-electron chi connectivity index (χ1n) is 9.23. The van der Waals surface area contributed by atoms with Crippen molar-refractivity contribution in [2.45, 2.75) is 13.2 Å². The number of hydrogen-bond donors (Lipinski definition) is 3. The topological polar surface area (TPSA) is 93.6 Å². The highest BCUT2D eigenvalue weighted by Gasteiger charge is 2.23. The molecule has 1 aliphatic rings. The van der Waals surface area contributed by atoms with Crippen LogP contribution in [-0.4, -0.2) is 71.4 Å². The Bertz CT molecular complexity index is 734. The summed E-state index contributed by atoms with van der Waals surface area (Å²) in [7, 11) is 0. The second-order valence-corrected chi connectivity index (χ2v) is 6.37. The lowest BCUT2D eigenvalue weighted by Gasteiger charge is -2.37. The summed E-state index contributed by atoms with van der Waals surface area (Å²) in [6.07, 6.45) is 0.857. The summed E-state index contributed by atoms with van der Waals surface area (Å²) >= 11 is 0. The van der Waals surface area contributed by atoms with Crippen molar-refractivity contribution < 1.29 is 9.90 Å². The Kier molecular flexibility index (Phi) is 6.56. The van der Waals surface area contributed by atoms with E-state index in [4.69, 9.17) is 0 Å². The van der Waals surface area contributed by atoms with Crippen molar-refractivity contribution in [3.63, 3.8) is 0 Å². The molecule has 8 heteroatoms. The third kappa shape index (κ3) is 5.15. The van der Waals surface area contributed by atoms with E-state index in [0.29, 0.717) is 18.7 Å². The summed E-state index contributed by atoms with van der Waals surface area (Å²) in [6, 6.07) is 11.0. The standard InChI is InChI=1S/C19H26N6O2/c1-2-20-16-12-17(23-14-22-16)24-8-10-25(11-9-24)18(26)13-21-19(27)15-6-4-3-5-7-15/h3-7,12,14,18,26H,2,8-11,13H2,1H3,(H,21,27)(H,20,22,23). The minimum Gasteiger partial charge on any atom is -0.377 e. The van der Waals surface area contributed by atoms with Gasteiger partial charge in [0.1, 0.15) is 24.2 Å². The lowest BCUT2D eigenvalue weighted by molar-refractivity contribution is 0.00183. The van der Waals surface area contributed by atoms with Gasteiger partial charge in [-0.15, -0.1) is 0 Å². The van der Waals surface area contributed by atoms with Gasteiger partial charge < -0.3 is 20.6 Å². The first kappa shape index (κ1) is 19.1. The van der Waals surface area contributed by atoms with Crippen LogP contribution in [0, 0.1) is 0 Å². The fraction of sp³-hybridized carbons (Fsp3) is 0.421. The molecule has 1 saturated heterocycles. The molecule has 0 bridgehead atoms. The summed E-state index contributed by atoms with van der Waals surface area (Å²) in [5.41, 5.74) is 0.592. The first-order valence-corrected chi connectivity index (χ1v) is 9.23. The average Bonchev–Trinajstić information content (AvgIpc) is 2.73. The molecular weight excluding hydrogens is 344 g/mol. The summed E-state index contributed by atoms with van der Waals surface area (Å²) < 4.78 is 0. The molecule has 1 fully saturated rings. The predicted molar refractivity (Wildman–Crippen MR) is 105 cm³/mol. The predicted octanol–water partition coefficient (Wildman–Crippen LogP) is 0.779. The minimum atomic E-state index is -0.706. The van der Waals surface area contributed by atoms with E-state index in [1.54, 1.807) is 18.5 Å². The fourth-order valence-electron chi connectivity index (χ4n) is 3.05. The van der Waals surface area contributed by atoms with Crippen molar-refractivity contribution >= 4 is 17.5 Å². The monoisotopic (exact) mass is 370 g/mol. The van der Waals surface area contributed by atoms with Crippen LogP contribution in [0.25, 0.3) is 0 Å². The van der Waals surface area contributed by atoms with E-state index >= 15 is 0 Å². The molecule has 8 nitrogen and oxygen atoms in total. The third-order valence-corrected chi connectivity index (χ3v) is 4.55. The van der Waals surface area contributed by atoms with Gasteiger partial charge in [-0.3, -0.25) is 9.69 Å². The van der Waals surface area contributed by atoms with Crippen LogP contribution in [0.2, 0.25) is 0 Å². The number of rotatable bonds is 7. The van der Waals surface area contributed by atoms with Gasteiger partial charge in [-0.05, 0) is 19.1 Å². The highest BCUT2D eigenvalue weighted by atomic mass is 16.3. The number of aliphatic hydroxyl groups excluding tert-OH is 1. The van der Waals surface area contributed by atoms with Crippen LogP contribution < -0.4 is 15.5 Å². The van der Waals surface area contributed by atoms with E-state index in [9.17, 15) is 9.90 Å². The fourth-order valence-corrected chi connectivity index (χ4v) is 3.05. The number of carbonyl (C=O) groups excluding carboxylic acids is 1. The molecule has 2 heterocycles. The molecule has 1 aliphatic heterocycles. The Morgan fingerprint density at radius 2 is 1.93 bits per heavy atom. The molecule has 1 aromatic carbocycles. The number of hydrogen-bond acceptors (Lipinski definition) is 7. The Balaban J connectivity index is 1.47. The van der Waals surface area contributed by atoms with Crippen LogP contribution in [0.5, 0.6) is 0 Å². The minimum absolute atomic E-state index is 0.176. The van der Waals surface area contributed by atoms with Crippen molar-refractivity contribution in [1.82, 2.24) is 20.2 Å². The SMILES string of the molecule is CCNc1cc(N2CCN(C(O)CNC(=O)c3ccccc3)CC2)ncn1. The maximum Gasteiger partial charge on any atom is 0.251 e. The molecule has 1 atom stereocenters. The third-order valence-electron chi connectivity index (χ3n) is 4.55. The van der Waals surface area contributed by atoms with Gasteiger partial charge in [-0.1, -0.05) is 18.2 Å². The number of amides is 1. The number of nitrogens with zero attached hydrogens (tertiary/aromatic N) is 4. The van der Waals surface area contributed by atoms with Crippen LogP contribution in [0.4, 0.5) is 11.6 Å². The van der Waals surface area contributed by atoms with Crippen molar-refractivity contribution in [2.24, 2.45) is 0 Å². The molecule has 27 heavy (non-hydrogen) atoms. The van der Waals surface area contributed by atoms with E-state index < -0.39 is 6.23 Å². The van der Waals surface area contributed by atoms with Gasteiger partial charge in [-0.25, -0.2) is 9.97 Å². The smallest absolute Gasteiger partial charge is 0.251 e. The summed E-state index contributed by atoms with van der Waals surface area (Å²) in [4.78, 5) is 24.8. The zero-order chi connectivity index (χ0) is 19.1. The molecule has 3 N–H and O–H groups in total. The number of piperazine rings is 1. The van der Waals surface area contributed by atoms with Gasteiger partial charge in [-0.2, -0.15) is 0 Å². The summed E-state index contributed by atoms with van der Waals surface area (Å²) in [5.74, 6) is 1.52. The Hall–Kier alpha value is -2.71. The molecule has 144 valence electrons. The number of aliphatic hydroxyl groups is 1. The molecule has 0 radical (unpaired) electrons. The molecule has 1 unspecified atom stereocenters. The van der Waals surface area contributed by atoms with E-state index in [2.05, 4.69) is 25.5 Å². The Morgan fingerprint density at radius 3 is 2.63 bits per heavy atom. The maximum atomic E-state index is 12.1. The summed E-state index contributed by atoms with van der Waals surface area (Å²) in [5, 5.41) is 16.4. The molecule has 0 aliphatic carbocycles. The van der Waals surface area contributed by atoms with Gasteiger partial charge in [0.2, 0.25) is 0 Å². The molecule has 3 rings (SSSR count). The van der Waals surface area contributed by atoms with Crippen molar-refractivity contribution in [3.8, 4) is 0 Å². The average molecular weight is 370 g/mol. The number of carbonyl (C=O) groups is 1. The number of nitrogens with one attached hydrogen (secondary N) is 2.